The van der Waals surface area contributed by atoms with Crippen LogP contribution in [0.4, 0.5) is 8.78 Å². The van der Waals surface area contributed by atoms with E-state index in [1.54, 1.807) is 0 Å². The monoisotopic (exact) mass is 339 g/mol. The largest absolute Gasteiger partial charge is 0.255 e. The van der Waals surface area contributed by atoms with E-state index in [1.165, 1.54) is 24.3 Å². The van der Waals surface area contributed by atoms with Crippen molar-refractivity contribution in [1.82, 2.24) is 4.98 Å². The molecule has 0 aliphatic rings. The van der Waals surface area contributed by atoms with Crippen LogP contribution in [-0.4, -0.2) is 13.4 Å². The van der Waals surface area contributed by atoms with E-state index in [4.69, 9.17) is 11.6 Å². The van der Waals surface area contributed by atoms with Crippen LogP contribution in [0.3, 0.4) is 0 Å². The molecule has 1 heterocycles. The van der Waals surface area contributed by atoms with E-state index < -0.39 is 21.5 Å². The van der Waals surface area contributed by atoms with Gasteiger partial charge in [0.1, 0.15) is 16.5 Å². The van der Waals surface area contributed by atoms with Crippen LogP contribution in [0.2, 0.25) is 5.02 Å². The second-order valence-corrected chi connectivity index (χ2v) is 6.85. The van der Waals surface area contributed by atoms with Crippen LogP contribution in [-0.2, 0) is 9.84 Å². The molecule has 0 radical (unpaired) electrons. The maximum absolute atomic E-state index is 13.3. The van der Waals surface area contributed by atoms with E-state index in [9.17, 15) is 17.2 Å². The third kappa shape index (κ3) is 2.44. The summed E-state index contributed by atoms with van der Waals surface area (Å²) < 4.78 is 51.7. The molecule has 0 unspecified atom stereocenters. The first kappa shape index (κ1) is 14.9. The third-order valence-electron chi connectivity index (χ3n) is 3.13. The Kier molecular flexibility index (Phi) is 3.58. The van der Waals surface area contributed by atoms with Gasteiger partial charge in [-0.05, 0) is 36.4 Å². The van der Waals surface area contributed by atoms with Crippen molar-refractivity contribution in [3.05, 3.63) is 65.3 Å². The molecule has 0 bridgehead atoms. The number of halogens is 3. The molecule has 3 nitrogen and oxygen atoms in total. The summed E-state index contributed by atoms with van der Waals surface area (Å²) in [5, 5.41) is 0.0351. The number of aromatic nitrogens is 1. The normalized spacial score (nSPS) is 11.8. The second kappa shape index (κ2) is 5.30. The molecule has 0 amide bonds. The van der Waals surface area contributed by atoms with Gasteiger partial charge in [-0.15, -0.1) is 0 Å². The molecule has 0 N–H and O–H groups in total. The Labute approximate surface area is 130 Å². The lowest BCUT2D eigenvalue weighted by Gasteiger charge is -2.09. The summed E-state index contributed by atoms with van der Waals surface area (Å²) in [5.74, 6) is -1.24. The number of pyridine rings is 1. The number of hydrogen-bond donors (Lipinski definition) is 0. The van der Waals surface area contributed by atoms with Crippen LogP contribution in [0, 0.1) is 11.6 Å². The Morgan fingerprint density at radius 2 is 1.73 bits per heavy atom. The van der Waals surface area contributed by atoms with Crippen molar-refractivity contribution in [2.75, 3.05) is 0 Å². The van der Waals surface area contributed by atoms with Crippen molar-refractivity contribution < 1.29 is 17.2 Å². The number of fused-ring (bicyclic) bond motifs is 1. The molecule has 22 heavy (non-hydrogen) atoms. The van der Waals surface area contributed by atoms with Crippen LogP contribution in [0.1, 0.15) is 0 Å². The molecule has 0 aliphatic carbocycles. The Morgan fingerprint density at radius 1 is 1.00 bits per heavy atom. The summed E-state index contributed by atoms with van der Waals surface area (Å²) in [5.41, 5.74) is 0.365. The number of hydrogen-bond acceptors (Lipinski definition) is 3. The Hall–Kier alpha value is -2.05. The van der Waals surface area contributed by atoms with Gasteiger partial charge in [-0.25, -0.2) is 17.2 Å². The minimum Gasteiger partial charge on any atom is -0.255 e. The van der Waals surface area contributed by atoms with Gasteiger partial charge >= 0.3 is 0 Å². The third-order valence-corrected chi connectivity index (χ3v) is 5.41. The molecule has 0 saturated carbocycles. The van der Waals surface area contributed by atoms with E-state index >= 15 is 0 Å². The highest BCUT2D eigenvalue weighted by Crippen LogP contribution is 2.32. The average molecular weight is 340 g/mol. The van der Waals surface area contributed by atoms with E-state index in [0.717, 1.165) is 24.4 Å². The van der Waals surface area contributed by atoms with Gasteiger partial charge in [-0.2, -0.15) is 0 Å². The topological polar surface area (TPSA) is 47.0 Å². The quantitative estimate of drug-likeness (QED) is 0.709. The first-order valence-electron chi connectivity index (χ1n) is 6.14. The minimum absolute atomic E-state index is 0.145. The highest BCUT2D eigenvalue weighted by atomic mass is 35.5. The molecular formula is C15H8ClF2NO2S. The standard InChI is InChI=1S/C15H8ClF2NO2S/c16-15-12-7-10(18)4-5-13(12)19-8-14(15)22(20,21)11-3-1-2-9(17)6-11/h1-8H. The van der Waals surface area contributed by atoms with Crippen molar-refractivity contribution >= 4 is 32.3 Å². The predicted molar refractivity (Wildman–Crippen MR) is 78.6 cm³/mol. The fourth-order valence-corrected chi connectivity index (χ4v) is 3.88. The van der Waals surface area contributed by atoms with Crippen LogP contribution < -0.4 is 0 Å². The Balaban J connectivity index is 2.28. The fraction of sp³-hybridized carbons (Fsp3) is 0. The van der Waals surface area contributed by atoms with E-state index in [1.807, 2.05) is 0 Å². The molecule has 3 rings (SSSR count). The lowest BCUT2D eigenvalue weighted by molar-refractivity contribution is 0.590. The zero-order chi connectivity index (χ0) is 15.9. The zero-order valence-corrected chi connectivity index (χ0v) is 12.5. The minimum atomic E-state index is -4.05. The van der Waals surface area contributed by atoms with Gasteiger partial charge in [-0.1, -0.05) is 17.7 Å². The van der Waals surface area contributed by atoms with E-state index in [-0.39, 0.29) is 20.2 Å². The molecule has 0 aliphatic heterocycles. The van der Waals surface area contributed by atoms with Crippen LogP contribution >= 0.6 is 11.6 Å². The zero-order valence-electron chi connectivity index (χ0n) is 10.9. The fourth-order valence-electron chi connectivity index (χ4n) is 2.06. The summed E-state index contributed by atoms with van der Waals surface area (Å²) in [7, 11) is -4.05. The summed E-state index contributed by atoms with van der Waals surface area (Å²) >= 11 is 6.11. The molecule has 3 aromatic rings. The second-order valence-electron chi connectivity index (χ2n) is 4.56. The summed E-state index contributed by atoms with van der Waals surface area (Å²) in [4.78, 5) is 3.44. The van der Waals surface area contributed by atoms with Crippen molar-refractivity contribution in [1.29, 1.82) is 0 Å². The van der Waals surface area contributed by atoms with Gasteiger partial charge in [0, 0.05) is 11.6 Å². The van der Waals surface area contributed by atoms with Crippen molar-refractivity contribution in [3.8, 4) is 0 Å². The van der Waals surface area contributed by atoms with Gasteiger partial charge in [0.2, 0.25) is 9.84 Å². The van der Waals surface area contributed by atoms with E-state index in [0.29, 0.717) is 5.52 Å². The van der Waals surface area contributed by atoms with Gasteiger partial charge in [0.15, 0.2) is 0 Å². The molecule has 0 saturated heterocycles. The maximum Gasteiger partial charge on any atom is 0.209 e. The molecule has 2 aromatic carbocycles. The Bertz CT molecular complexity index is 990. The van der Waals surface area contributed by atoms with Gasteiger partial charge in [-0.3, -0.25) is 4.98 Å². The summed E-state index contributed by atoms with van der Waals surface area (Å²) in [6.07, 6.45) is 1.09. The first-order chi connectivity index (χ1) is 10.4. The molecule has 0 atom stereocenters. The van der Waals surface area contributed by atoms with Gasteiger partial charge < -0.3 is 0 Å². The summed E-state index contributed by atoms with van der Waals surface area (Å²) in [6.45, 7) is 0. The number of rotatable bonds is 2. The van der Waals surface area contributed by atoms with Gasteiger partial charge in [0.05, 0.1) is 15.4 Å². The lowest BCUT2D eigenvalue weighted by atomic mass is 10.2. The Morgan fingerprint density at radius 3 is 2.45 bits per heavy atom. The SMILES string of the molecule is O=S(=O)(c1cccc(F)c1)c1cnc2ccc(F)cc2c1Cl. The molecule has 0 spiro atoms. The van der Waals surface area contributed by atoms with Crippen molar-refractivity contribution in [3.63, 3.8) is 0 Å². The molecule has 0 fully saturated rings. The molecular weight excluding hydrogens is 332 g/mol. The lowest BCUT2D eigenvalue weighted by Crippen LogP contribution is -2.04. The van der Waals surface area contributed by atoms with Crippen molar-refractivity contribution in [2.24, 2.45) is 0 Å². The van der Waals surface area contributed by atoms with Gasteiger partial charge in [0.25, 0.3) is 0 Å². The predicted octanol–water partition coefficient (Wildman–Crippen LogP) is 4.00. The first-order valence-corrected chi connectivity index (χ1v) is 8.00. The van der Waals surface area contributed by atoms with Crippen LogP contribution in [0.25, 0.3) is 10.9 Å². The van der Waals surface area contributed by atoms with Crippen LogP contribution in [0.15, 0.2) is 58.5 Å². The number of benzene rings is 2. The molecule has 7 heteroatoms. The molecule has 112 valence electrons. The smallest absolute Gasteiger partial charge is 0.209 e. The van der Waals surface area contributed by atoms with E-state index in [2.05, 4.69) is 4.98 Å². The number of sulfone groups is 1. The molecule has 1 aromatic heterocycles. The van der Waals surface area contributed by atoms with Crippen molar-refractivity contribution in [2.45, 2.75) is 9.79 Å². The maximum atomic E-state index is 13.3. The number of nitrogens with zero attached hydrogens (tertiary/aromatic N) is 1. The average Bonchev–Trinajstić information content (AvgIpc) is 2.48. The highest BCUT2D eigenvalue weighted by molar-refractivity contribution is 7.91. The highest BCUT2D eigenvalue weighted by Gasteiger charge is 2.23. The summed E-state index contributed by atoms with van der Waals surface area (Å²) in [6, 6.07) is 8.27. The van der Waals surface area contributed by atoms with Crippen LogP contribution in [0.5, 0.6) is 0 Å².